The van der Waals surface area contributed by atoms with Gasteiger partial charge in [0.25, 0.3) is 5.91 Å². The summed E-state index contributed by atoms with van der Waals surface area (Å²) in [5.41, 5.74) is 0.523. The first kappa shape index (κ1) is 16.5. The van der Waals surface area contributed by atoms with Crippen LogP contribution in [0.3, 0.4) is 0 Å². The molecule has 0 fully saturated rings. The molecule has 0 aliphatic rings. The predicted octanol–water partition coefficient (Wildman–Crippen LogP) is 2.55. The standard InChI is InChI=1S/C17H17FN2O3/c1-20(17(22)14-5-3-4-6-15(14)18)11-16(21)19-12-7-9-13(23-2)10-8-12/h3-10H,11H2,1-2H3,(H,19,21). The van der Waals surface area contributed by atoms with E-state index in [0.29, 0.717) is 11.4 Å². The summed E-state index contributed by atoms with van der Waals surface area (Å²) in [6.07, 6.45) is 0. The molecule has 1 N–H and O–H groups in total. The summed E-state index contributed by atoms with van der Waals surface area (Å²) in [6.45, 7) is -0.181. The van der Waals surface area contributed by atoms with Crippen LogP contribution < -0.4 is 10.1 Å². The van der Waals surface area contributed by atoms with E-state index in [1.54, 1.807) is 37.4 Å². The number of likely N-dealkylation sites (N-methyl/N-ethyl adjacent to an activating group) is 1. The molecule has 0 saturated heterocycles. The number of methoxy groups -OCH3 is 1. The summed E-state index contributed by atoms with van der Waals surface area (Å²) in [4.78, 5) is 25.3. The van der Waals surface area contributed by atoms with Crippen molar-refractivity contribution in [2.45, 2.75) is 0 Å². The largest absolute Gasteiger partial charge is 0.497 e. The highest BCUT2D eigenvalue weighted by atomic mass is 19.1. The van der Waals surface area contributed by atoms with Gasteiger partial charge in [-0.3, -0.25) is 9.59 Å². The molecule has 2 amide bonds. The highest BCUT2D eigenvalue weighted by Crippen LogP contribution is 2.15. The van der Waals surface area contributed by atoms with E-state index in [1.807, 2.05) is 0 Å². The molecule has 0 unspecified atom stereocenters. The number of carbonyl (C=O) groups is 2. The molecule has 0 bridgehead atoms. The van der Waals surface area contributed by atoms with Gasteiger partial charge >= 0.3 is 0 Å². The lowest BCUT2D eigenvalue weighted by molar-refractivity contribution is -0.116. The quantitative estimate of drug-likeness (QED) is 0.922. The van der Waals surface area contributed by atoms with Crippen molar-refractivity contribution in [3.8, 4) is 5.75 Å². The highest BCUT2D eigenvalue weighted by Gasteiger charge is 2.17. The van der Waals surface area contributed by atoms with Crippen molar-refractivity contribution >= 4 is 17.5 Å². The maximum atomic E-state index is 13.6. The van der Waals surface area contributed by atoms with Crippen LogP contribution in [0.5, 0.6) is 5.75 Å². The number of nitrogens with one attached hydrogen (secondary N) is 1. The summed E-state index contributed by atoms with van der Waals surface area (Å²) in [5, 5.41) is 2.66. The summed E-state index contributed by atoms with van der Waals surface area (Å²) < 4.78 is 18.6. The Labute approximate surface area is 133 Å². The summed E-state index contributed by atoms with van der Waals surface area (Å²) in [6, 6.07) is 12.5. The molecule has 2 aromatic rings. The number of anilines is 1. The minimum Gasteiger partial charge on any atom is -0.497 e. The molecule has 0 radical (unpaired) electrons. The molecule has 0 saturated carbocycles. The highest BCUT2D eigenvalue weighted by molar-refractivity contribution is 5.99. The Morgan fingerprint density at radius 2 is 1.78 bits per heavy atom. The Morgan fingerprint density at radius 3 is 2.39 bits per heavy atom. The third-order valence-corrected chi connectivity index (χ3v) is 3.21. The maximum Gasteiger partial charge on any atom is 0.257 e. The first-order chi connectivity index (χ1) is 11.0. The fraction of sp³-hybridized carbons (Fsp3) is 0.176. The first-order valence-corrected chi connectivity index (χ1v) is 6.95. The van der Waals surface area contributed by atoms with Gasteiger partial charge in [0.15, 0.2) is 0 Å². The lowest BCUT2D eigenvalue weighted by Gasteiger charge is -2.17. The Balaban J connectivity index is 1.96. The average Bonchev–Trinajstić information content (AvgIpc) is 2.55. The zero-order chi connectivity index (χ0) is 16.8. The van der Waals surface area contributed by atoms with Crippen molar-refractivity contribution < 1.29 is 18.7 Å². The second kappa shape index (κ2) is 7.40. The van der Waals surface area contributed by atoms with E-state index in [-0.39, 0.29) is 18.0 Å². The van der Waals surface area contributed by atoms with Crippen molar-refractivity contribution in [1.29, 1.82) is 0 Å². The van der Waals surface area contributed by atoms with Crippen LogP contribution in [0.15, 0.2) is 48.5 Å². The summed E-state index contributed by atoms with van der Waals surface area (Å²) in [7, 11) is 3.00. The van der Waals surface area contributed by atoms with Crippen LogP contribution in [0.25, 0.3) is 0 Å². The van der Waals surface area contributed by atoms with E-state index in [2.05, 4.69) is 5.32 Å². The molecule has 23 heavy (non-hydrogen) atoms. The topological polar surface area (TPSA) is 58.6 Å². The molecule has 0 aliphatic heterocycles. The van der Waals surface area contributed by atoms with Crippen LogP contribution in [0, 0.1) is 5.82 Å². The third kappa shape index (κ3) is 4.29. The molecular weight excluding hydrogens is 299 g/mol. The van der Waals surface area contributed by atoms with Gasteiger partial charge < -0.3 is 15.0 Å². The monoisotopic (exact) mass is 316 g/mol. The first-order valence-electron chi connectivity index (χ1n) is 6.95. The van der Waals surface area contributed by atoms with Gasteiger partial charge in [0.2, 0.25) is 5.91 Å². The zero-order valence-corrected chi connectivity index (χ0v) is 12.9. The van der Waals surface area contributed by atoms with Gasteiger partial charge in [0.05, 0.1) is 19.2 Å². The minimum absolute atomic E-state index is 0.0627. The van der Waals surface area contributed by atoms with Crippen LogP contribution in [0.4, 0.5) is 10.1 Å². The van der Waals surface area contributed by atoms with Crippen LogP contribution in [-0.4, -0.2) is 37.4 Å². The molecule has 120 valence electrons. The Morgan fingerprint density at radius 1 is 1.13 bits per heavy atom. The minimum atomic E-state index is -0.611. The van der Waals surface area contributed by atoms with E-state index in [4.69, 9.17) is 4.74 Å². The molecule has 0 atom stereocenters. The molecule has 2 rings (SSSR count). The van der Waals surface area contributed by atoms with Gasteiger partial charge in [-0.1, -0.05) is 12.1 Å². The van der Waals surface area contributed by atoms with Gasteiger partial charge in [-0.15, -0.1) is 0 Å². The third-order valence-electron chi connectivity index (χ3n) is 3.21. The summed E-state index contributed by atoms with van der Waals surface area (Å²) >= 11 is 0. The lowest BCUT2D eigenvalue weighted by Crippen LogP contribution is -2.35. The van der Waals surface area contributed by atoms with Crippen LogP contribution in [0.1, 0.15) is 10.4 Å². The van der Waals surface area contributed by atoms with Gasteiger partial charge in [0, 0.05) is 12.7 Å². The number of rotatable bonds is 5. The zero-order valence-electron chi connectivity index (χ0n) is 12.9. The van der Waals surface area contributed by atoms with Crippen LogP contribution in [-0.2, 0) is 4.79 Å². The average molecular weight is 316 g/mol. The maximum absolute atomic E-state index is 13.6. The second-order valence-corrected chi connectivity index (χ2v) is 4.92. The van der Waals surface area contributed by atoms with E-state index < -0.39 is 11.7 Å². The number of halogens is 1. The number of hydrogen-bond acceptors (Lipinski definition) is 3. The smallest absolute Gasteiger partial charge is 0.257 e. The van der Waals surface area contributed by atoms with Gasteiger partial charge in [-0.25, -0.2) is 4.39 Å². The molecular formula is C17H17FN2O3. The van der Waals surface area contributed by atoms with E-state index in [9.17, 15) is 14.0 Å². The number of hydrogen-bond donors (Lipinski definition) is 1. The fourth-order valence-electron chi connectivity index (χ4n) is 2.00. The van der Waals surface area contributed by atoms with Crippen molar-refractivity contribution in [2.24, 2.45) is 0 Å². The second-order valence-electron chi connectivity index (χ2n) is 4.92. The Hall–Kier alpha value is -2.89. The Kier molecular flexibility index (Phi) is 5.30. The number of ether oxygens (including phenoxy) is 1. The number of amides is 2. The number of benzene rings is 2. The number of nitrogens with zero attached hydrogens (tertiary/aromatic N) is 1. The van der Waals surface area contributed by atoms with E-state index in [0.717, 1.165) is 4.90 Å². The van der Waals surface area contributed by atoms with Crippen molar-refractivity contribution in [2.75, 3.05) is 26.0 Å². The van der Waals surface area contributed by atoms with Crippen LogP contribution >= 0.6 is 0 Å². The molecule has 0 spiro atoms. The van der Waals surface area contributed by atoms with Crippen molar-refractivity contribution in [3.63, 3.8) is 0 Å². The molecule has 0 aliphatic carbocycles. The SMILES string of the molecule is COc1ccc(NC(=O)CN(C)C(=O)c2ccccc2F)cc1. The molecule has 6 heteroatoms. The van der Waals surface area contributed by atoms with E-state index in [1.165, 1.54) is 25.2 Å². The van der Waals surface area contributed by atoms with Gasteiger partial charge in [-0.05, 0) is 36.4 Å². The van der Waals surface area contributed by atoms with Gasteiger partial charge in [0.1, 0.15) is 11.6 Å². The van der Waals surface area contributed by atoms with Crippen molar-refractivity contribution in [1.82, 2.24) is 4.90 Å². The molecule has 0 aromatic heterocycles. The molecule has 2 aromatic carbocycles. The van der Waals surface area contributed by atoms with Crippen LogP contribution in [0.2, 0.25) is 0 Å². The number of carbonyl (C=O) groups excluding carboxylic acids is 2. The van der Waals surface area contributed by atoms with E-state index >= 15 is 0 Å². The lowest BCUT2D eigenvalue weighted by atomic mass is 10.2. The van der Waals surface area contributed by atoms with Gasteiger partial charge in [-0.2, -0.15) is 0 Å². The fourth-order valence-corrected chi connectivity index (χ4v) is 2.00. The Bertz CT molecular complexity index is 701. The summed E-state index contributed by atoms with van der Waals surface area (Å²) in [5.74, 6) is -0.856. The predicted molar refractivity (Wildman–Crippen MR) is 85.0 cm³/mol. The van der Waals surface area contributed by atoms with Crippen molar-refractivity contribution in [3.05, 3.63) is 59.9 Å². The normalized spacial score (nSPS) is 10.0. The molecule has 5 nitrogen and oxygen atoms in total. The molecule has 0 heterocycles.